The van der Waals surface area contributed by atoms with Gasteiger partial charge in [-0.25, -0.2) is 4.68 Å². The maximum absolute atomic E-state index is 4.19. The van der Waals surface area contributed by atoms with Crippen LogP contribution < -0.4 is 0 Å². The van der Waals surface area contributed by atoms with Gasteiger partial charge in [-0.2, -0.15) is 0 Å². The van der Waals surface area contributed by atoms with E-state index in [-0.39, 0.29) is 0 Å². The van der Waals surface area contributed by atoms with Crippen LogP contribution in [0.2, 0.25) is 0 Å². The van der Waals surface area contributed by atoms with Crippen LogP contribution in [0.5, 0.6) is 0 Å². The Morgan fingerprint density at radius 1 is 1.25 bits per heavy atom. The highest BCUT2D eigenvalue weighted by molar-refractivity contribution is 9.10. The molecule has 1 aromatic heterocycles. The fourth-order valence-electron chi connectivity index (χ4n) is 1.76. The molecule has 0 N–H and O–H groups in total. The fraction of sp³-hybridized carbons (Fsp3) is 0.833. The van der Waals surface area contributed by atoms with Gasteiger partial charge in [-0.05, 0) is 34.7 Å². The lowest BCUT2D eigenvalue weighted by Gasteiger charge is -2.08. The number of hydrogen-bond acceptors (Lipinski definition) is 2. The molecule has 0 fully saturated rings. The Labute approximate surface area is 107 Å². The monoisotopic (exact) mass is 287 g/mol. The van der Waals surface area contributed by atoms with E-state index in [1.165, 1.54) is 31.4 Å². The minimum absolute atomic E-state index is 0.643. The van der Waals surface area contributed by atoms with Gasteiger partial charge in [-0.15, -0.1) is 5.10 Å². The highest BCUT2D eigenvalue weighted by Gasteiger charge is 2.11. The molecule has 0 amide bonds. The van der Waals surface area contributed by atoms with Gasteiger partial charge >= 0.3 is 0 Å². The van der Waals surface area contributed by atoms with E-state index >= 15 is 0 Å². The topological polar surface area (TPSA) is 30.7 Å². The number of aromatic nitrogens is 3. The molecule has 0 aliphatic rings. The smallest absolute Gasteiger partial charge is 0.151 e. The minimum atomic E-state index is 0.643. The van der Waals surface area contributed by atoms with Crippen molar-refractivity contribution in [1.82, 2.24) is 15.0 Å². The number of aryl methyl sites for hydroxylation is 1. The molecule has 0 aliphatic carbocycles. The zero-order valence-corrected chi connectivity index (χ0v) is 12.1. The molecule has 0 atom stereocenters. The maximum Gasteiger partial charge on any atom is 0.151 e. The summed E-state index contributed by atoms with van der Waals surface area (Å²) in [6.07, 6.45) is 6.13. The zero-order valence-electron chi connectivity index (χ0n) is 10.5. The Balaban J connectivity index is 2.51. The van der Waals surface area contributed by atoms with Crippen molar-refractivity contribution >= 4 is 15.9 Å². The van der Waals surface area contributed by atoms with Crippen molar-refractivity contribution < 1.29 is 0 Å². The van der Waals surface area contributed by atoms with Crippen LogP contribution in [-0.4, -0.2) is 15.0 Å². The van der Waals surface area contributed by atoms with E-state index in [0.29, 0.717) is 5.92 Å². The van der Waals surface area contributed by atoms with E-state index in [2.05, 4.69) is 51.7 Å². The molecule has 0 unspecified atom stereocenters. The first-order valence-corrected chi connectivity index (χ1v) is 7.02. The molecule has 0 bridgehead atoms. The molecule has 0 spiro atoms. The number of hydrogen-bond donors (Lipinski definition) is 0. The second-order valence-electron chi connectivity index (χ2n) is 4.71. The lowest BCUT2D eigenvalue weighted by molar-refractivity contribution is 0.495. The zero-order chi connectivity index (χ0) is 12.0. The van der Waals surface area contributed by atoms with Crippen LogP contribution in [0.3, 0.4) is 0 Å². The first-order valence-electron chi connectivity index (χ1n) is 6.23. The molecule has 0 saturated heterocycles. The SMILES string of the molecule is CCCCCCn1nnc(Br)c1CC(C)C. The Bertz CT molecular complexity index is 307. The van der Waals surface area contributed by atoms with E-state index in [0.717, 1.165) is 17.6 Å². The van der Waals surface area contributed by atoms with Crippen LogP contribution in [0.25, 0.3) is 0 Å². The predicted octanol–water partition coefficient (Wildman–Crippen LogP) is 3.82. The summed E-state index contributed by atoms with van der Waals surface area (Å²) in [5, 5.41) is 8.28. The molecular weight excluding hydrogens is 266 g/mol. The van der Waals surface area contributed by atoms with Gasteiger partial charge in [-0.3, -0.25) is 0 Å². The van der Waals surface area contributed by atoms with Crippen molar-refractivity contribution in [2.75, 3.05) is 0 Å². The molecular formula is C12H22BrN3. The third-order valence-electron chi connectivity index (χ3n) is 2.62. The molecule has 1 aromatic rings. The lowest BCUT2D eigenvalue weighted by atomic mass is 10.1. The van der Waals surface area contributed by atoms with Gasteiger partial charge in [0, 0.05) is 6.54 Å². The van der Waals surface area contributed by atoms with Gasteiger partial charge in [0.05, 0.1) is 5.69 Å². The molecule has 1 heterocycles. The second-order valence-corrected chi connectivity index (χ2v) is 5.46. The summed E-state index contributed by atoms with van der Waals surface area (Å²) in [6, 6.07) is 0. The van der Waals surface area contributed by atoms with E-state index in [9.17, 15) is 0 Å². The van der Waals surface area contributed by atoms with Gasteiger partial charge in [0.1, 0.15) is 0 Å². The molecule has 92 valence electrons. The van der Waals surface area contributed by atoms with Crippen molar-refractivity contribution in [2.24, 2.45) is 5.92 Å². The summed E-state index contributed by atoms with van der Waals surface area (Å²) in [4.78, 5) is 0. The summed E-state index contributed by atoms with van der Waals surface area (Å²) in [6.45, 7) is 7.68. The van der Waals surface area contributed by atoms with Crippen LogP contribution in [-0.2, 0) is 13.0 Å². The quantitative estimate of drug-likeness (QED) is 0.714. The number of rotatable bonds is 7. The van der Waals surface area contributed by atoms with Crippen LogP contribution in [0, 0.1) is 5.92 Å². The average molecular weight is 288 g/mol. The van der Waals surface area contributed by atoms with Crippen LogP contribution in [0.1, 0.15) is 52.1 Å². The maximum atomic E-state index is 4.19. The highest BCUT2D eigenvalue weighted by Crippen LogP contribution is 2.17. The largest absolute Gasteiger partial charge is 0.248 e. The second kappa shape index (κ2) is 7.05. The average Bonchev–Trinajstić information content (AvgIpc) is 2.56. The van der Waals surface area contributed by atoms with Gasteiger partial charge in [0.15, 0.2) is 4.60 Å². The van der Waals surface area contributed by atoms with Crippen molar-refractivity contribution in [3.8, 4) is 0 Å². The van der Waals surface area contributed by atoms with Crippen molar-refractivity contribution in [2.45, 2.75) is 59.4 Å². The van der Waals surface area contributed by atoms with E-state index in [1.54, 1.807) is 0 Å². The van der Waals surface area contributed by atoms with Gasteiger partial charge < -0.3 is 0 Å². The number of halogens is 1. The standard InChI is InChI=1S/C12H22BrN3/c1-4-5-6-7-8-16-11(9-10(2)3)12(13)14-15-16/h10H,4-9H2,1-3H3. The molecule has 0 radical (unpaired) electrons. The Kier molecular flexibility index (Phi) is 6.03. The van der Waals surface area contributed by atoms with Gasteiger partial charge in [-0.1, -0.05) is 45.2 Å². The molecule has 0 aromatic carbocycles. The van der Waals surface area contributed by atoms with Crippen molar-refractivity contribution in [3.63, 3.8) is 0 Å². The first-order chi connectivity index (χ1) is 7.65. The summed E-state index contributed by atoms with van der Waals surface area (Å²) in [7, 11) is 0. The van der Waals surface area contributed by atoms with Crippen molar-refractivity contribution in [1.29, 1.82) is 0 Å². The van der Waals surface area contributed by atoms with E-state index < -0.39 is 0 Å². The molecule has 3 nitrogen and oxygen atoms in total. The third kappa shape index (κ3) is 4.24. The summed E-state index contributed by atoms with van der Waals surface area (Å²) in [5.74, 6) is 0.643. The molecule has 0 saturated carbocycles. The van der Waals surface area contributed by atoms with Gasteiger partial charge in [0.25, 0.3) is 0 Å². The molecule has 16 heavy (non-hydrogen) atoms. The lowest BCUT2D eigenvalue weighted by Crippen LogP contribution is -2.08. The minimum Gasteiger partial charge on any atom is -0.248 e. The Morgan fingerprint density at radius 3 is 2.62 bits per heavy atom. The van der Waals surface area contributed by atoms with Crippen LogP contribution >= 0.6 is 15.9 Å². The molecule has 1 rings (SSSR count). The highest BCUT2D eigenvalue weighted by atomic mass is 79.9. The summed E-state index contributed by atoms with van der Waals surface area (Å²) in [5.41, 5.74) is 1.24. The molecule has 0 aliphatic heterocycles. The predicted molar refractivity (Wildman–Crippen MR) is 70.4 cm³/mol. The fourth-order valence-corrected chi connectivity index (χ4v) is 2.19. The normalized spacial score (nSPS) is 11.3. The van der Waals surface area contributed by atoms with E-state index in [4.69, 9.17) is 0 Å². The van der Waals surface area contributed by atoms with Crippen LogP contribution in [0.4, 0.5) is 0 Å². The van der Waals surface area contributed by atoms with Gasteiger partial charge in [0.2, 0.25) is 0 Å². The summed E-state index contributed by atoms with van der Waals surface area (Å²) < 4.78 is 2.97. The number of unbranched alkanes of at least 4 members (excludes halogenated alkanes) is 3. The Morgan fingerprint density at radius 2 is 2.00 bits per heavy atom. The summed E-state index contributed by atoms with van der Waals surface area (Å²) >= 11 is 3.47. The molecule has 4 heteroatoms. The van der Waals surface area contributed by atoms with E-state index in [1.807, 2.05) is 0 Å². The van der Waals surface area contributed by atoms with Crippen LogP contribution in [0.15, 0.2) is 4.60 Å². The number of nitrogens with zero attached hydrogens (tertiary/aromatic N) is 3. The first kappa shape index (κ1) is 13.7. The third-order valence-corrected chi connectivity index (χ3v) is 3.23. The van der Waals surface area contributed by atoms with Crippen molar-refractivity contribution in [3.05, 3.63) is 10.3 Å². The Hall–Kier alpha value is -0.380.